The number of halogens is 1. The fourth-order valence-electron chi connectivity index (χ4n) is 1.51. The first-order chi connectivity index (χ1) is 8.29. The molecule has 3 N–H and O–H groups in total. The van der Waals surface area contributed by atoms with Crippen molar-refractivity contribution in [2.24, 2.45) is 5.73 Å². The number of aromatic nitrogens is 2. The van der Waals surface area contributed by atoms with E-state index in [0.29, 0.717) is 6.54 Å². The summed E-state index contributed by atoms with van der Waals surface area (Å²) in [4.78, 5) is 8.10. The fourth-order valence-corrected chi connectivity index (χ4v) is 1.77. The number of hydrogen-bond acceptors (Lipinski definition) is 4. The van der Waals surface area contributed by atoms with E-state index in [2.05, 4.69) is 31.2 Å². The van der Waals surface area contributed by atoms with Gasteiger partial charge < -0.3 is 11.1 Å². The Labute approximate surface area is 108 Å². The van der Waals surface area contributed by atoms with Gasteiger partial charge >= 0.3 is 0 Å². The van der Waals surface area contributed by atoms with E-state index in [1.54, 1.807) is 6.20 Å². The van der Waals surface area contributed by atoms with Gasteiger partial charge in [0, 0.05) is 22.9 Å². The van der Waals surface area contributed by atoms with Crippen molar-refractivity contribution in [3.8, 4) is 0 Å². The number of benzene rings is 1. The molecule has 1 atom stereocenters. The minimum absolute atomic E-state index is 0.000763. The van der Waals surface area contributed by atoms with Gasteiger partial charge in [-0.15, -0.1) is 0 Å². The summed E-state index contributed by atoms with van der Waals surface area (Å²) in [6.07, 6.45) is 3.25. The molecule has 2 aromatic rings. The van der Waals surface area contributed by atoms with Crippen molar-refractivity contribution in [3.05, 3.63) is 53.0 Å². The monoisotopic (exact) mass is 292 g/mol. The zero-order valence-corrected chi connectivity index (χ0v) is 10.8. The minimum Gasteiger partial charge on any atom is -0.375 e. The lowest BCUT2D eigenvalue weighted by molar-refractivity contribution is 0.755. The molecule has 0 radical (unpaired) electrons. The SMILES string of the molecule is NCC(Nc1ccc(Br)cc1)c1ccncn1. The summed E-state index contributed by atoms with van der Waals surface area (Å²) < 4.78 is 1.05. The number of nitrogens with two attached hydrogens (primary N) is 1. The largest absolute Gasteiger partial charge is 0.375 e. The Hall–Kier alpha value is -1.46. The molecule has 0 aliphatic heterocycles. The lowest BCUT2D eigenvalue weighted by atomic mass is 10.2. The van der Waals surface area contributed by atoms with Crippen LogP contribution in [0.3, 0.4) is 0 Å². The van der Waals surface area contributed by atoms with Crippen molar-refractivity contribution in [3.63, 3.8) is 0 Å². The lowest BCUT2D eigenvalue weighted by Crippen LogP contribution is -2.21. The van der Waals surface area contributed by atoms with Crippen molar-refractivity contribution < 1.29 is 0 Å². The Morgan fingerprint density at radius 2 is 2.00 bits per heavy atom. The molecule has 0 fully saturated rings. The molecule has 17 heavy (non-hydrogen) atoms. The molecule has 0 amide bonds. The Kier molecular flexibility index (Phi) is 4.06. The highest BCUT2D eigenvalue weighted by Crippen LogP contribution is 2.19. The van der Waals surface area contributed by atoms with Crippen LogP contribution in [-0.2, 0) is 0 Å². The topological polar surface area (TPSA) is 63.8 Å². The van der Waals surface area contributed by atoms with Gasteiger partial charge in [0.2, 0.25) is 0 Å². The van der Waals surface area contributed by atoms with Gasteiger partial charge in [0.15, 0.2) is 0 Å². The molecule has 0 saturated carbocycles. The first kappa shape index (κ1) is 12.0. The summed E-state index contributed by atoms with van der Waals surface area (Å²) in [7, 11) is 0. The maximum atomic E-state index is 5.75. The van der Waals surface area contributed by atoms with Gasteiger partial charge in [-0.25, -0.2) is 9.97 Å². The van der Waals surface area contributed by atoms with Crippen molar-refractivity contribution in [1.82, 2.24) is 9.97 Å². The van der Waals surface area contributed by atoms with E-state index in [1.165, 1.54) is 6.33 Å². The summed E-state index contributed by atoms with van der Waals surface area (Å²) in [5.41, 5.74) is 7.66. The van der Waals surface area contributed by atoms with Crippen LogP contribution in [0.1, 0.15) is 11.7 Å². The number of nitrogens with zero attached hydrogens (tertiary/aromatic N) is 2. The average molecular weight is 293 g/mol. The Morgan fingerprint density at radius 1 is 1.24 bits per heavy atom. The number of rotatable bonds is 4. The number of nitrogens with one attached hydrogen (secondary N) is 1. The highest BCUT2D eigenvalue weighted by Gasteiger charge is 2.10. The average Bonchev–Trinajstić information content (AvgIpc) is 2.39. The third-order valence-corrected chi connectivity index (χ3v) is 2.91. The molecule has 1 aromatic carbocycles. The zero-order chi connectivity index (χ0) is 12.1. The Bertz CT molecular complexity index is 458. The molecule has 0 bridgehead atoms. The summed E-state index contributed by atoms with van der Waals surface area (Å²) in [6, 6.07) is 9.82. The van der Waals surface area contributed by atoms with E-state index in [4.69, 9.17) is 5.73 Å². The second-order valence-electron chi connectivity index (χ2n) is 3.57. The second kappa shape index (κ2) is 5.75. The van der Waals surface area contributed by atoms with Crippen LogP contribution in [-0.4, -0.2) is 16.5 Å². The third kappa shape index (κ3) is 3.25. The second-order valence-corrected chi connectivity index (χ2v) is 4.49. The highest BCUT2D eigenvalue weighted by molar-refractivity contribution is 9.10. The summed E-state index contributed by atoms with van der Waals surface area (Å²) in [5, 5.41) is 3.34. The van der Waals surface area contributed by atoms with Gasteiger partial charge in [0.05, 0.1) is 11.7 Å². The highest BCUT2D eigenvalue weighted by atomic mass is 79.9. The maximum absolute atomic E-state index is 5.75. The predicted octanol–water partition coefficient (Wildman–Crippen LogP) is 2.35. The lowest BCUT2D eigenvalue weighted by Gasteiger charge is -2.17. The van der Waals surface area contributed by atoms with E-state index in [-0.39, 0.29) is 6.04 Å². The molecule has 0 saturated heterocycles. The quantitative estimate of drug-likeness (QED) is 0.908. The van der Waals surface area contributed by atoms with Crippen molar-refractivity contribution >= 4 is 21.6 Å². The van der Waals surface area contributed by atoms with E-state index in [0.717, 1.165) is 15.9 Å². The molecule has 2 rings (SSSR count). The van der Waals surface area contributed by atoms with E-state index >= 15 is 0 Å². The molecule has 0 aliphatic carbocycles. The van der Waals surface area contributed by atoms with E-state index in [1.807, 2.05) is 30.3 Å². The Morgan fingerprint density at radius 3 is 2.59 bits per heavy atom. The van der Waals surface area contributed by atoms with Crippen LogP contribution in [0.15, 0.2) is 47.3 Å². The molecule has 0 spiro atoms. The van der Waals surface area contributed by atoms with Gasteiger partial charge in [0.1, 0.15) is 6.33 Å². The number of anilines is 1. The van der Waals surface area contributed by atoms with Gasteiger partial charge in [-0.2, -0.15) is 0 Å². The van der Waals surface area contributed by atoms with Crippen LogP contribution in [0.25, 0.3) is 0 Å². The third-order valence-electron chi connectivity index (χ3n) is 2.38. The summed E-state index contributed by atoms with van der Waals surface area (Å²) in [5.74, 6) is 0. The van der Waals surface area contributed by atoms with Gasteiger partial charge in [0.25, 0.3) is 0 Å². The molecular weight excluding hydrogens is 280 g/mol. The van der Waals surface area contributed by atoms with Crippen LogP contribution in [0.2, 0.25) is 0 Å². The fraction of sp³-hybridized carbons (Fsp3) is 0.167. The molecular formula is C12H13BrN4. The van der Waals surface area contributed by atoms with Gasteiger partial charge in [-0.3, -0.25) is 0 Å². The first-order valence-electron chi connectivity index (χ1n) is 5.27. The van der Waals surface area contributed by atoms with Crippen LogP contribution in [0, 0.1) is 0 Å². The number of hydrogen-bond donors (Lipinski definition) is 2. The maximum Gasteiger partial charge on any atom is 0.115 e. The van der Waals surface area contributed by atoms with Crippen LogP contribution in [0.5, 0.6) is 0 Å². The normalized spacial score (nSPS) is 12.1. The zero-order valence-electron chi connectivity index (χ0n) is 9.18. The summed E-state index contributed by atoms with van der Waals surface area (Å²) in [6.45, 7) is 0.479. The Balaban J connectivity index is 2.13. The molecule has 5 heteroatoms. The first-order valence-corrected chi connectivity index (χ1v) is 6.07. The standard InChI is InChI=1S/C12H13BrN4/c13-9-1-3-10(4-2-9)17-12(7-14)11-5-6-15-8-16-11/h1-6,8,12,17H,7,14H2. The molecule has 88 valence electrons. The van der Waals surface area contributed by atoms with Crippen LogP contribution in [0.4, 0.5) is 5.69 Å². The van der Waals surface area contributed by atoms with Crippen molar-refractivity contribution in [2.75, 3.05) is 11.9 Å². The van der Waals surface area contributed by atoms with Gasteiger partial charge in [-0.1, -0.05) is 15.9 Å². The predicted molar refractivity (Wildman–Crippen MR) is 71.6 cm³/mol. The van der Waals surface area contributed by atoms with Crippen LogP contribution < -0.4 is 11.1 Å². The van der Waals surface area contributed by atoms with Crippen LogP contribution >= 0.6 is 15.9 Å². The summed E-state index contributed by atoms with van der Waals surface area (Å²) >= 11 is 3.40. The smallest absolute Gasteiger partial charge is 0.115 e. The minimum atomic E-state index is -0.000763. The molecule has 1 heterocycles. The molecule has 1 aromatic heterocycles. The molecule has 4 nitrogen and oxygen atoms in total. The molecule has 0 aliphatic rings. The van der Waals surface area contributed by atoms with E-state index in [9.17, 15) is 0 Å². The van der Waals surface area contributed by atoms with E-state index < -0.39 is 0 Å². The van der Waals surface area contributed by atoms with Gasteiger partial charge in [-0.05, 0) is 30.3 Å². The van der Waals surface area contributed by atoms with Crippen molar-refractivity contribution in [1.29, 1.82) is 0 Å². The molecule has 1 unspecified atom stereocenters. The van der Waals surface area contributed by atoms with Crippen molar-refractivity contribution in [2.45, 2.75) is 6.04 Å².